The highest BCUT2D eigenvalue weighted by Crippen LogP contribution is 2.27. The number of thiophene rings is 1. The zero-order chi connectivity index (χ0) is 15.8. The van der Waals surface area contributed by atoms with Crippen LogP contribution >= 0.6 is 11.3 Å². The first-order chi connectivity index (χ1) is 9.69. The molecule has 1 amide bonds. The topological polar surface area (TPSA) is 46.6 Å². The number of esters is 1. The van der Waals surface area contributed by atoms with Crippen molar-refractivity contribution in [3.05, 3.63) is 21.4 Å². The molecule has 21 heavy (non-hydrogen) atoms. The number of nitrogens with zero attached hydrogens (tertiary/aromatic N) is 1. The minimum atomic E-state index is -0.523. The molecule has 0 saturated carbocycles. The van der Waals surface area contributed by atoms with Gasteiger partial charge in [-0.3, -0.25) is 4.79 Å². The molecule has 1 aliphatic rings. The molecular formula is C16H23NO3S. The van der Waals surface area contributed by atoms with Crippen LogP contribution in [0, 0.1) is 13.8 Å². The number of aryl methyl sites for hydroxylation is 2. The maximum absolute atomic E-state index is 12.6. The van der Waals surface area contributed by atoms with Crippen LogP contribution in [0.1, 0.15) is 53.7 Å². The van der Waals surface area contributed by atoms with Crippen LogP contribution in [0.5, 0.6) is 0 Å². The van der Waals surface area contributed by atoms with Crippen molar-refractivity contribution in [2.24, 2.45) is 0 Å². The summed E-state index contributed by atoms with van der Waals surface area (Å²) < 4.78 is 5.44. The second-order valence-corrected chi connectivity index (χ2v) is 7.80. The molecule has 0 N–H and O–H groups in total. The van der Waals surface area contributed by atoms with Gasteiger partial charge in [0.05, 0.1) is 4.88 Å². The van der Waals surface area contributed by atoms with Crippen molar-refractivity contribution in [2.75, 3.05) is 6.54 Å². The van der Waals surface area contributed by atoms with E-state index in [1.807, 2.05) is 40.7 Å². The quantitative estimate of drug-likeness (QED) is 0.787. The summed E-state index contributed by atoms with van der Waals surface area (Å²) in [6, 6.07) is 1.46. The molecule has 0 aliphatic carbocycles. The van der Waals surface area contributed by atoms with Gasteiger partial charge in [-0.25, -0.2) is 4.79 Å². The number of hydrogen-bond donors (Lipinski definition) is 0. The smallest absolute Gasteiger partial charge is 0.329 e. The number of carbonyl (C=O) groups is 2. The molecule has 1 aromatic rings. The standard InChI is InChI=1S/C16H23NO3S/c1-10-9-13(21-11(10)2)14(18)17-8-6-7-12(17)15(19)20-16(3,4)5/h9,12H,6-8H2,1-5H3/t12-/m1/s1. The molecule has 0 radical (unpaired) electrons. The Morgan fingerprint density at radius 3 is 2.52 bits per heavy atom. The Balaban J connectivity index is 2.14. The van der Waals surface area contributed by atoms with Gasteiger partial charge < -0.3 is 9.64 Å². The molecule has 1 atom stereocenters. The van der Waals surface area contributed by atoms with Gasteiger partial charge in [-0.1, -0.05) is 0 Å². The van der Waals surface area contributed by atoms with Crippen molar-refractivity contribution in [1.29, 1.82) is 0 Å². The molecule has 4 nitrogen and oxygen atoms in total. The van der Waals surface area contributed by atoms with E-state index in [2.05, 4.69) is 0 Å². The van der Waals surface area contributed by atoms with Crippen LogP contribution in [0.4, 0.5) is 0 Å². The first kappa shape index (κ1) is 16.0. The summed E-state index contributed by atoms with van der Waals surface area (Å²) in [4.78, 5) is 28.4. The van der Waals surface area contributed by atoms with Crippen LogP contribution in [0.2, 0.25) is 0 Å². The normalized spacial score (nSPS) is 18.9. The van der Waals surface area contributed by atoms with Crippen molar-refractivity contribution in [2.45, 2.75) is 59.1 Å². The number of hydrogen-bond acceptors (Lipinski definition) is 4. The van der Waals surface area contributed by atoms with E-state index < -0.39 is 11.6 Å². The first-order valence-corrected chi connectivity index (χ1v) is 8.11. The molecule has 1 saturated heterocycles. The van der Waals surface area contributed by atoms with Crippen molar-refractivity contribution in [3.8, 4) is 0 Å². The van der Waals surface area contributed by atoms with E-state index in [-0.39, 0.29) is 11.9 Å². The van der Waals surface area contributed by atoms with E-state index in [1.54, 1.807) is 4.90 Å². The summed E-state index contributed by atoms with van der Waals surface area (Å²) in [7, 11) is 0. The number of likely N-dealkylation sites (tertiary alicyclic amines) is 1. The summed E-state index contributed by atoms with van der Waals surface area (Å²) in [5.74, 6) is -0.345. The Morgan fingerprint density at radius 1 is 1.33 bits per heavy atom. The molecular weight excluding hydrogens is 286 g/mol. The van der Waals surface area contributed by atoms with Crippen LogP contribution in [0.15, 0.2) is 6.07 Å². The lowest BCUT2D eigenvalue weighted by Gasteiger charge is -2.27. The third-order valence-corrected chi connectivity index (χ3v) is 4.71. The number of amides is 1. The fraction of sp³-hybridized carbons (Fsp3) is 0.625. The molecule has 1 aromatic heterocycles. The van der Waals surface area contributed by atoms with E-state index in [4.69, 9.17) is 4.74 Å². The zero-order valence-corrected chi connectivity index (χ0v) is 14.2. The Labute approximate surface area is 130 Å². The van der Waals surface area contributed by atoms with E-state index >= 15 is 0 Å². The van der Waals surface area contributed by atoms with Gasteiger partial charge in [0.1, 0.15) is 11.6 Å². The van der Waals surface area contributed by atoms with Crippen LogP contribution < -0.4 is 0 Å². The lowest BCUT2D eigenvalue weighted by atomic mass is 10.1. The van der Waals surface area contributed by atoms with Gasteiger partial charge in [0.2, 0.25) is 0 Å². The van der Waals surface area contributed by atoms with Gasteiger partial charge in [-0.15, -0.1) is 11.3 Å². The van der Waals surface area contributed by atoms with E-state index in [0.717, 1.165) is 16.9 Å². The number of carbonyl (C=O) groups excluding carboxylic acids is 2. The van der Waals surface area contributed by atoms with E-state index in [9.17, 15) is 9.59 Å². The molecule has 116 valence electrons. The monoisotopic (exact) mass is 309 g/mol. The van der Waals surface area contributed by atoms with Crippen molar-refractivity contribution in [3.63, 3.8) is 0 Å². The highest BCUT2D eigenvalue weighted by Gasteiger charge is 2.37. The number of rotatable bonds is 2. The highest BCUT2D eigenvalue weighted by atomic mass is 32.1. The Bertz CT molecular complexity index is 537. The minimum Gasteiger partial charge on any atom is -0.458 e. The maximum Gasteiger partial charge on any atom is 0.329 e. The first-order valence-electron chi connectivity index (χ1n) is 7.30. The molecule has 0 unspecified atom stereocenters. The van der Waals surface area contributed by atoms with Crippen LogP contribution in [-0.2, 0) is 9.53 Å². The van der Waals surface area contributed by atoms with Gasteiger partial charge in [-0.2, -0.15) is 0 Å². The Hall–Kier alpha value is -1.36. The fourth-order valence-electron chi connectivity index (χ4n) is 2.44. The summed E-state index contributed by atoms with van der Waals surface area (Å²) in [5, 5.41) is 0. The van der Waals surface area contributed by atoms with Crippen LogP contribution in [0.25, 0.3) is 0 Å². The lowest BCUT2D eigenvalue weighted by molar-refractivity contribution is -0.159. The lowest BCUT2D eigenvalue weighted by Crippen LogP contribution is -2.43. The fourth-order valence-corrected chi connectivity index (χ4v) is 3.43. The van der Waals surface area contributed by atoms with Crippen LogP contribution in [-0.4, -0.2) is 35.0 Å². The molecule has 5 heteroatoms. The summed E-state index contributed by atoms with van der Waals surface area (Å²) in [6.07, 6.45) is 1.53. The maximum atomic E-state index is 12.6. The van der Waals surface area contributed by atoms with Gasteiger partial charge in [-0.05, 0) is 59.1 Å². The minimum absolute atomic E-state index is 0.0513. The second kappa shape index (κ2) is 5.79. The Kier molecular flexibility index (Phi) is 4.42. The van der Waals surface area contributed by atoms with Crippen molar-refractivity contribution < 1.29 is 14.3 Å². The van der Waals surface area contributed by atoms with Crippen LogP contribution in [0.3, 0.4) is 0 Å². The summed E-state index contributed by atoms with van der Waals surface area (Å²) in [6.45, 7) is 10.2. The molecule has 1 fully saturated rings. The molecule has 2 heterocycles. The predicted octanol–water partition coefficient (Wildman–Crippen LogP) is 3.31. The molecule has 0 spiro atoms. The molecule has 2 rings (SSSR count). The van der Waals surface area contributed by atoms with E-state index in [0.29, 0.717) is 17.8 Å². The molecule has 0 bridgehead atoms. The largest absolute Gasteiger partial charge is 0.458 e. The third kappa shape index (κ3) is 3.64. The highest BCUT2D eigenvalue weighted by molar-refractivity contribution is 7.14. The average Bonchev–Trinajstić information content (AvgIpc) is 2.94. The zero-order valence-electron chi connectivity index (χ0n) is 13.4. The predicted molar refractivity (Wildman–Crippen MR) is 83.7 cm³/mol. The third-order valence-electron chi connectivity index (χ3n) is 3.57. The molecule has 0 aromatic carbocycles. The average molecular weight is 309 g/mol. The van der Waals surface area contributed by atoms with Gasteiger partial charge in [0, 0.05) is 11.4 Å². The summed E-state index contributed by atoms with van der Waals surface area (Å²) >= 11 is 1.49. The van der Waals surface area contributed by atoms with Crippen molar-refractivity contribution >= 4 is 23.2 Å². The van der Waals surface area contributed by atoms with E-state index in [1.165, 1.54) is 11.3 Å². The van der Waals surface area contributed by atoms with Crippen molar-refractivity contribution in [1.82, 2.24) is 4.90 Å². The SMILES string of the molecule is Cc1cc(C(=O)N2CCC[C@@H]2C(=O)OC(C)(C)C)sc1C. The molecule has 1 aliphatic heterocycles. The Morgan fingerprint density at radius 2 is 2.00 bits per heavy atom. The second-order valence-electron chi connectivity index (χ2n) is 6.54. The van der Waals surface area contributed by atoms with Gasteiger partial charge >= 0.3 is 5.97 Å². The number of ether oxygens (including phenoxy) is 1. The van der Waals surface area contributed by atoms with Gasteiger partial charge in [0.15, 0.2) is 0 Å². The summed E-state index contributed by atoms with van der Waals surface area (Å²) in [5.41, 5.74) is 0.598. The van der Waals surface area contributed by atoms with Gasteiger partial charge in [0.25, 0.3) is 5.91 Å².